The van der Waals surface area contributed by atoms with Crippen LogP contribution in [0.1, 0.15) is 9.67 Å². The van der Waals surface area contributed by atoms with Gasteiger partial charge in [0.25, 0.3) is 5.91 Å². The van der Waals surface area contributed by atoms with Crippen LogP contribution >= 0.6 is 22.7 Å². The minimum absolute atomic E-state index is 0.113. The summed E-state index contributed by atoms with van der Waals surface area (Å²) in [5.41, 5.74) is 0.847. The van der Waals surface area contributed by atoms with Crippen molar-refractivity contribution in [3.63, 3.8) is 0 Å². The average Bonchev–Trinajstić information content (AvgIpc) is 2.97. The second-order valence-corrected chi connectivity index (χ2v) is 6.97. The maximum absolute atomic E-state index is 12.4. The first-order valence-corrected chi connectivity index (χ1v) is 8.54. The number of rotatable bonds is 2. The summed E-state index contributed by atoms with van der Waals surface area (Å²) >= 11 is 2.36. The third-order valence-corrected chi connectivity index (χ3v) is 5.29. The molecule has 0 spiro atoms. The number of nitrogens with zero attached hydrogens (tertiary/aromatic N) is 1. The van der Waals surface area contributed by atoms with Gasteiger partial charge in [-0.3, -0.25) is 14.9 Å². The lowest BCUT2D eigenvalue weighted by atomic mass is 10.2. The average molecular weight is 338 g/mol. The molecule has 4 rings (SSSR count). The molecule has 0 bridgehead atoms. The van der Waals surface area contributed by atoms with Crippen LogP contribution in [-0.4, -0.2) is 10.9 Å². The molecule has 23 heavy (non-hydrogen) atoms. The van der Waals surface area contributed by atoms with E-state index in [4.69, 9.17) is 0 Å². The molecule has 0 aliphatic heterocycles. The maximum Gasteiger partial charge on any atom is 0.267 e. The minimum Gasteiger partial charge on any atom is -0.297 e. The molecular formula is C17H10N2O2S2. The Bertz CT molecular complexity index is 1070. The Hall–Kier alpha value is -2.57. The number of carbonyl (C=O) groups excluding carboxylic acids is 1. The fourth-order valence-corrected chi connectivity index (χ4v) is 4.02. The summed E-state index contributed by atoms with van der Waals surface area (Å²) in [6.07, 6.45) is 0. The molecule has 2 aromatic heterocycles. The first kappa shape index (κ1) is 14.0. The number of nitrogens with one attached hydrogen (secondary N) is 1. The van der Waals surface area contributed by atoms with Crippen LogP contribution in [0.25, 0.3) is 21.0 Å². The Morgan fingerprint density at radius 2 is 1.78 bits per heavy atom. The number of thiazole rings is 1. The van der Waals surface area contributed by atoms with E-state index < -0.39 is 0 Å². The van der Waals surface area contributed by atoms with E-state index in [1.807, 2.05) is 42.5 Å². The third kappa shape index (κ3) is 2.62. The summed E-state index contributed by atoms with van der Waals surface area (Å²) in [7, 11) is 0. The summed E-state index contributed by atoms with van der Waals surface area (Å²) in [5.74, 6) is -0.308. The Labute approximate surface area is 139 Å². The molecule has 2 heterocycles. The van der Waals surface area contributed by atoms with Crippen molar-refractivity contribution in [1.29, 1.82) is 0 Å². The number of hydrogen-bond donors (Lipinski definition) is 1. The number of hydrogen-bond acceptors (Lipinski definition) is 5. The van der Waals surface area contributed by atoms with Gasteiger partial charge in [0.15, 0.2) is 5.13 Å². The molecule has 0 atom stereocenters. The van der Waals surface area contributed by atoms with E-state index in [-0.39, 0.29) is 10.6 Å². The van der Waals surface area contributed by atoms with Crippen molar-refractivity contribution < 1.29 is 4.79 Å². The highest BCUT2D eigenvalue weighted by Gasteiger charge is 2.12. The molecule has 0 fully saturated rings. The Kier molecular flexibility index (Phi) is 3.40. The van der Waals surface area contributed by atoms with Gasteiger partial charge in [0.05, 0.1) is 15.1 Å². The zero-order valence-electron chi connectivity index (χ0n) is 11.8. The highest BCUT2D eigenvalue weighted by molar-refractivity contribution is 7.22. The molecular weight excluding hydrogens is 328 g/mol. The molecule has 4 aromatic rings. The molecule has 112 valence electrons. The standard InChI is InChI=1S/C17H10N2O2S2/c20-15(19-17-18-12-7-3-4-8-13(12)23-17)14-9-10-5-1-2-6-11(10)16(21)22-14/h1-9H,(H,18,19,20). The first-order valence-electron chi connectivity index (χ1n) is 6.90. The molecule has 0 aliphatic rings. The van der Waals surface area contributed by atoms with Crippen molar-refractivity contribution in [2.45, 2.75) is 0 Å². The van der Waals surface area contributed by atoms with Gasteiger partial charge in [-0.15, -0.1) is 0 Å². The zero-order valence-corrected chi connectivity index (χ0v) is 13.4. The SMILES string of the molecule is O=C(Nc1nc2ccccc2s1)c1cc2ccccc2c(=O)s1. The largest absolute Gasteiger partial charge is 0.297 e. The molecule has 0 unspecified atom stereocenters. The van der Waals surface area contributed by atoms with Crippen LogP contribution in [0.4, 0.5) is 5.13 Å². The number of aromatic nitrogens is 1. The van der Waals surface area contributed by atoms with Crippen molar-refractivity contribution in [2.75, 3.05) is 5.32 Å². The van der Waals surface area contributed by atoms with Crippen molar-refractivity contribution in [3.05, 3.63) is 69.0 Å². The fourth-order valence-electron chi connectivity index (χ4n) is 2.33. The summed E-state index contributed by atoms with van der Waals surface area (Å²) in [6.45, 7) is 0. The van der Waals surface area contributed by atoms with E-state index in [0.717, 1.165) is 26.9 Å². The van der Waals surface area contributed by atoms with Gasteiger partial charge >= 0.3 is 0 Å². The van der Waals surface area contributed by atoms with Gasteiger partial charge in [0, 0.05) is 5.39 Å². The van der Waals surface area contributed by atoms with E-state index in [1.54, 1.807) is 12.1 Å². The van der Waals surface area contributed by atoms with E-state index in [0.29, 0.717) is 15.4 Å². The van der Waals surface area contributed by atoms with Crippen LogP contribution in [0.15, 0.2) is 59.4 Å². The molecule has 1 amide bonds. The van der Waals surface area contributed by atoms with Crippen LogP contribution in [-0.2, 0) is 0 Å². The molecule has 0 radical (unpaired) electrons. The smallest absolute Gasteiger partial charge is 0.267 e. The quantitative estimate of drug-likeness (QED) is 0.598. The number of amides is 1. The number of carbonyl (C=O) groups is 1. The van der Waals surface area contributed by atoms with Crippen LogP contribution in [0.2, 0.25) is 0 Å². The Morgan fingerprint density at radius 1 is 1.00 bits per heavy atom. The molecule has 0 saturated heterocycles. The number of para-hydroxylation sites is 1. The summed E-state index contributed by atoms with van der Waals surface area (Å²) < 4.78 is 0.895. The Morgan fingerprint density at radius 3 is 2.65 bits per heavy atom. The van der Waals surface area contributed by atoms with Gasteiger partial charge in [-0.05, 0) is 29.7 Å². The lowest BCUT2D eigenvalue weighted by Crippen LogP contribution is -2.12. The molecule has 0 aliphatic carbocycles. The van der Waals surface area contributed by atoms with Gasteiger partial charge in [-0.25, -0.2) is 4.98 Å². The second-order valence-electron chi connectivity index (χ2n) is 4.93. The lowest BCUT2D eigenvalue weighted by molar-refractivity contribution is 0.103. The van der Waals surface area contributed by atoms with Gasteiger partial charge < -0.3 is 0 Å². The normalized spacial score (nSPS) is 11.0. The third-order valence-electron chi connectivity index (χ3n) is 3.41. The van der Waals surface area contributed by atoms with Crippen LogP contribution in [0.3, 0.4) is 0 Å². The fraction of sp³-hybridized carbons (Fsp3) is 0. The monoisotopic (exact) mass is 338 g/mol. The Balaban J connectivity index is 1.70. The summed E-state index contributed by atoms with van der Waals surface area (Å²) in [5, 5.41) is 4.71. The molecule has 1 N–H and O–H groups in total. The summed E-state index contributed by atoms with van der Waals surface area (Å²) in [6, 6.07) is 16.7. The van der Waals surface area contributed by atoms with E-state index in [9.17, 15) is 9.59 Å². The van der Waals surface area contributed by atoms with Crippen LogP contribution < -0.4 is 10.1 Å². The van der Waals surface area contributed by atoms with Crippen molar-refractivity contribution in [2.24, 2.45) is 0 Å². The van der Waals surface area contributed by atoms with Gasteiger partial charge in [-0.2, -0.15) is 0 Å². The number of benzene rings is 2. The minimum atomic E-state index is -0.308. The summed E-state index contributed by atoms with van der Waals surface area (Å²) in [4.78, 5) is 29.3. The lowest BCUT2D eigenvalue weighted by Gasteiger charge is -2.02. The van der Waals surface area contributed by atoms with Crippen LogP contribution in [0, 0.1) is 0 Å². The molecule has 2 aromatic carbocycles. The number of anilines is 1. The predicted octanol–water partition coefficient (Wildman–Crippen LogP) is 4.12. The van der Waals surface area contributed by atoms with Crippen molar-refractivity contribution in [1.82, 2.24) is 4.98 Å². The second kappa shape index (κ2) is 5.57. The highest BCUT2D eigenvalue weighted by atomic mass is 32.1. The molecule has 6 heteroatoms. The topological polar surface area (TPSA) is 59.1 Å². The zero-order chi connectivity index (χ0) is 15.8. The van der Waals surface area contributed by atoms with Gasteiger partial charge in [0.2, 0.25) is 4.74 Å². The van der Waals surface area contributed by atoms with E-state index in [1.165, 1.54) is 11.3 Å². The number of fused-ring (bicyclic) bond motifs is 2. The molecule has 4 nitrogen and oxygen atoms in total. The highest BCUT2D eigenvalue weighted by Crippen LogP contribution is 2.26. The van der Waals surface area contributed by atoms with Gasteiger partial charge in [0.1, 0.15) is 0 Å². The molecule has 0 saturated carbocycles. The maximum atomic E-state index is 12.4. The first-order chi connectivity index (χ1) is 11.2. The van der Waals surface area contributed by atoms with Crippen LogP contribution in [0.5, 0.6) is 0 Å². The van der Waals surface area contributed by atoms with Crippen molar-refractivity contribution >= 4 is 54.7 Å². The predicted molar refractivity (Wildman–Crippen MR) is 95.7 cm³/mol. The van der Waals surface area contributed by atoms with E-state index in [2.05, 4.69) is 10.3 Å². The van der Waals surface area contributed by atoms with Crippen molar-refractivity contribution in [3.8, 4) is 0 Å². The van der Waals surface area contributed by atoms with E-state index >= 15 is 0 Å². The van der Waals surface area contributed by atoms with Gasteiger partial charge in [-0.1, -0.05) is 53.0 Å².